The van der Waals surface area contributed by atoms with Crippen LogP contribution in [0.25, 0.3) is 0 Å². The molecule has 0 atom stereocenters. The van der Waals surface area contributed by atoms with Crippen molar-refractivity contribution < 1.29 is 4.79 Å². The van der Waals surface area contributed by atoms with E-state index in [1.807, 2.05) is 36.1 Å². The molecule has 0 radical (unpaired) electrons. The molecule has 2 N–H and O–H groups in total. The number of piperidine rings is 1. The number of nitrogens with two attached hydrogens (primary N) is 1. The first-order chi connectivity index (χ1) is 11.2. The van der Waals surface area contributed by atoms with E-state index >= 15 is 0 Å². The second-order valence-electron chi connectivity index (χ2n) is 6.39. The van der Waals surface area contributed by atoms with E-state index in [4.69, 9.17) is 5.73 Å². The number of nitrogens with zero attached hydrogens (tertiary/aromatic N) is 1. The van der Waals surface area contributed by atoms with Gasteiger partial charge in [0.15, 0.2) is 0 Å². The fourth-order valence-electron chi connectivity index (χ4n) is 3.35. The smallest absolute Gasteiger partial charge is 0.253 e. The van der Waals surface area contributed by atoms with Gasteiger partial charge in [0.1, 0.15) is 0 Å². The average Bonchev–Trinajstić information content (AvgIpc) is 2.61. The standard InChI is InChI=1S/C20H24N2O/c1-15-4-2-7-19(12-15)20(23)22-10-8-17(9-11-22)18-6-3-5-16(13-18)14-21/h2-7,12-13,17H,8-11,14,21H2,1H3. The van der Waals surface area contributed by atoms with Gasteiger partial charge in [-0.05, 0) is 48.9 Å². The third kappa shape index (κ3) is 3.62. The van der Waals surface area contributed by atoms with E-state index in [9.17, 15) is 4.79 Å². The molecule has 1 amide bonds. The predicted molar refractivity (Wildman–Crippen MR) is 93.4 cm³/mol. The summed E-state index contributed by atoms with van der Waals surface area (Å²) in [6.45, 7) is 4.25. The maximum atomic E-state index is 12.6. The summed E-state index contributed by atoms with van der Waals surface area (Å²) in [6, 6.07) is 16.4. The molecule has 0 aliphatic carbocycles. The van der Waals surface area contributed by atoms with Crippen molar-refractivity contribution in [2.45, 2.75) is 32.2 Å². The fraction of sp³-hybridized carbons (Fsp3) is 0.350. The van der Waals surface area contributed by atoms with Gasteiger partial charge >= 0.3 is 0 Å². The maximum Gasteiger partial charge on any atom is 0.253 e. The molecule has 1 heterocycles. The Balaban J connectivity index is 1.65. The molecule has 120 valence electrons. The minimum Gasteiger partial charge on any atom is -0.339 e. The van der Waals surface area contributed by atoms with Gasteiger partial charge in [-0.25, -0.2) is 0 Å². The van der Waals surface area contributed by atoms with Gasteiger partial charge in [0.05, 0.1) is 0 Å². The van der Waals surface area contributed by atoms with Gasteiger partial charge in [0.25, 0.3) is 5.91 Å². The molecule has 1 saturated heterocycles. The normalized spacial score (nSPS) is 15.7. The summed E-state index contributed by atoms with van der Waals surface area (Å²) in [5.41, 5.74) is 10.2. The third-order valence-corrected chi connectivity index (χ3v) is 4.71. The number of hydrogen-bond acceptors (Lipinski definition) is 2. The molecule has 0 saturated carbocycles. The van der Waals surface area contributed by atoms with Gasteiger partial charge in [0.2, 0.25) is 0 Å². The molecular formula is C20H24N2O. The van der Waals surface area contributed by atoms with E-state index in [1.54, 1.807) is 0 Å². The summed E-state index contributed by atoms with van der Waals surface area (Å²) in [6.07, 6.45) is 2.04. The molecular weight excluding hydrogens is 284 g/mol. The lowest BCUT2D eigenvalue weighted by Crippen LogP contribution is -2.37. The summed E-state index contributed by atoms with van der Waals surface area (Å²) in [5.74, 6) is 0.686. The van der Waals surface area contributed by atoms with Crippen molar-refractivity contribution in [1.82, 2.24) is 4.90 Å². The van der Waals surface area contributed by atoms with E-state index in [2.05, 4.69) is 24.3 Å². The van der Waals surface area contributed by atoms with Crippen molar-refractivity contribution in [3.63, 3.8) is 0 Å². The van der Waals surface area contributed by atoms with Crippen molar-refractivity contribution >= 4 is 5.91 Å². The molecule has 0 bridgehead atoms. The zero-order valence-corrected chi connectivity index (χ0v) is 13.7. The van der Waals surface area contributed by atoms with Gasteiger partial charge in [-0.1, -0.05) is 42.0 Å². The number of rotatable bonds is 3. The predicted octanol–water partition coefficient (Wildman–Crippen LogP) is 3.47. The van der Waals surface area contributed by atoms with Crippen LogP contribution in [-0.4, -0.2) is 23.9 Å². The SMILES string of the molecule is Cc1cccc(C(=O)N2CCC(c3cccc(CN)c3)CC2)c1. The van der Waals surface area contributed by atoms with Crippen LogP contribution in [0.5, 0.6) is 0 Å². The van der Waals surface area contributed by atoms with E-state index in [1.165, 1.54) is 11.1 Å². The second-order valence-corrected chi connectivity index (χ2v) is 6.39. The van der Waals surface area contributed by atoms with Gasteiger partial charge in [-0.3, -0.25) is 4.79 Å². The third-order valence-electron chi connectivity index (χ3n) is 4.71. The van der Waals surface area contributed by atoms with Crippen LogP contribution in [0.3, 0.4) is 0 Å². The first kappa shape index (κ1) is 15.8. The minimum atomic E-state index is 0.155. The molecule has 0 unspecified atom stereocenters. The van der Waals surface area contributed by atoms with E-state index in [0.717, 1.165) is 37.1 Å². The number of aryl methyl sites for hydroxylation is 1. The molecule has 1 aliphatic heterocycles. The van der Waals surface area contributed by atoms with E-state index in [-0.39, 0.29) is 5.91 Å². The van der Waals surface area contributed by atoms with Crippen LogP contribution in [0.15, 0.2) is 48.5 Å². The van der Waals surface area contributed by atoms with Crippen LogP contribution in [0.4, 0.5) is 0 Å². The monoisotopic (exact) mass is 308 g/mol. The Hall–Kier alpha value is -2.13. The number of hydrogen-bond donors (Lipinski definition) is 1. The van der Waals surface area contributed by atoms with Crippen molar-refractivity contribution in [2.24, 2.45) is 5.73 Å². The first-order valence-corrected chi connectivity index (χ1v) is 8.32. The zero-order valence-electron chi connectivity index (χ0n) is 13.7. The Labute approximate surface area is 138 Å². The number of carbonyl (C=O) groups excluding carboxylic acids is 1. The lowest BCUT2D eigenvalue weighted by Gasteiger charge is -2.32. The molecule has 0 spiro atoms. The summed E-state index contributed by atoms with van der Waals surface area (Å²) < 4.78 is 0. The van der Waals surface area contributed by atoms with Crippen LogP contribution in [0.2, 0.25) is 0 Å². The molecule has 0 aromatic heterocycles. The lowest BCUT2D eigenvalue weighted by molar-refractivity contribution is 0.0713. The Morgan fingerprint density at radius 1 is 1.13 bits per heavy atom. The summed E-state index contributed by atoms with van der Waals surface area (Å²) >= 11 is 0. The molecule has 2 aromatic carbocycles. The summed E-state index contributed by atoms with van der Waals surface area (Å²) in [5, 5.41) is 0. The van der Waals surface area contributed by atoms with E-state index in [0.29, 0.717) is 12.5 Å². The van der Waals surface area contributed by atoms with Crippen LogP contribution in [-0.2, 0) is 6.54 Å². The Kier molecular flexibility index (Phi) is 4.77. The Morgan fingerprint density at radius 2 is 1.87 bits per heavy atom. The number of carbonyl (C=O) groups is 1. The molecule has 3 heteroatoms. The number of amides is 1. The lowest BCUT2D eigenvalue weighted by atomic mass is 9.88. The molecule has 2 aromatic rings. The van der Waals surface area contributed by atoms with Gasteiger partial charge in [-0.15, -0.1) is 0 Å². The van der Waals surface area contributed by atoms with Gasteiger partial charge < -0.3 is 10.6 Å². The minimum absolute atomic E-state index is 0.155. The first-order valence-electron chi connectivity index (χ1n) is 8.32. The average molecular weight is 308 g/mol. The van der Waals surface area contributed by atoms with Crippen molar-refractivity contribution in [1.29, 1.82) is 0 Å². The summed E-state index contributed by atoms with van der Waals surface area (Å²) in [4.78, 5) is 14.6. The molecule has 1 fully saturated rings. The van der Waals surface area contributed by atoms with E-state index < -0.39 is 0 Å². The largest absolute Gasteiger partial charge is 0.339 e. The van der Waals surface area contributed by atoms with Gasteiger partial charge in [-0.2, -0.15) is 0 Å². The highest BCUT2D eigenvalue weighted by molar-refractivity contribution is 5.94. The quantitative estimate of drug-likeness (QED) is 0.943. The molecule has 3 rings (SSSR count). The van der Waals surface area contributed by atoms with Crippen molar-refractivity contribution in [3.05, 3.63) is 70.8 Å². The highest BCUT2D eigenvalue weighted by Crippen LogP contribution is 2.29. The zero-order chi connectivity index (χ0) is 16.2. The number of likely N-dealkylation sites (tertiary alicyclic amines) is 1. The fourth-order valence-corrected chi connectivity index (χ4v) is 3.35. The highest BCUT2D eigenvalue weighted by atomic mass is 16.2. The Morgan fingerprint density at radius 3 is 2.57 bits per heavy atom. The van der Waals surface area contributed by atoms with Crippen molar-refractivity contribution in [3.8, 4) is 0 Å². The second kappa shape index (κ2) is 6.97. The van der Waals surface area contributed by atoms with Crippen molar-refractivity contribution in [2.75, 3.05) is 13.1 Å². The summed E-state index contributed by atoms with van der Waals surface area (Å²) in [7, 11) is 0. The topological polar surface area (TPSA) is 46.3 Å². The molecule has 23 heavy (non-hydrogen) atoms. The van der Waals surface area contributed by atoms with Crippen LogP contribution in [0, 0.1) is 6.92 Å². The van der Waals surface area contributed by atoms with Crippen LogP contribution >= 0.6 is 0 Å². The molecule has 3 nitrogen and oxygen atoms in total. The molecule has 1 aliphatic rings. The van der Waals surface area contributed by atoms with Crippen LogP contribution < -0.4 is 5.73 Å². The van der Waals surface area contributed by atoms with Crippen LogP contribution in [0.1, 0.15) is 45.8 Å². The van der Waals surface area contributed by atoms with Gasteiger partial charge in [0, 0.05) is 25.2 Å². The number of benzene rings is 2. The maximum absolute atomic E-state index is 12.6. The highest BCUT2D eigenvalue weighted by Gasteiger charge is 2.24. The Bertz CT molecular complexity index is 688.